The van der Waals surface area contributed by atoms with Crippen LogP contribution in [0.2, 0.25) is 0 Å². The molecular formula is C75H124O6. The lowest BCUT2D eigenvalue weighted by atomic mass is 10.0. The number of rotatable bonds is 60. The average molecular weight is 1120 g/mol. The molecule has 6 heteroatoms. The number of carbonyl (C=O) groups is 3. The van der Waals surface area contributed by atoms with Gasteiger partial charge in [0.1, 0.15) is 13.2 Å². The number of hydrogen-bond acceptors (Lipinski definition) is 6. The summed E-state index contributed by atoms with van der Waals surface area (Å²) in [6.45, 7) is 6.48. The van der Waals surface area contributed by atoms with E-state index in [4.69, 9.17) is 14.2 Å². The summed E-state index contributed by atoms with van der Waals surface area (Å²) < 4.78 is 16.9. The lowest BCUT2D eigenvalue weighted by molar-refractivity contribution is -0.167. The molecule has 0 fully saturated rings. The largest absolute Gasteiger partial charge is 0.462 e. The highest BCUT2D eigenvalue weighted by Crippen LogP contribution is 2.16. The van der Waals surface area contributed by atoms with Crippen LogP contribution in [0.5, 0.6) is 0 Å². The molecule has 460 valence electrons. The highest BCUT2D eigenvalue weighted by atomic mass is 16.6. The Morgan fingerprint density at radius 1 is 0.259 bits per heavy atom. The first kappa shape index (κ1) is 76.5. The number of allylic oxidation sites excluding steroid dienone is 22. The first-order valence-corrected chi connectivity index (χ1v) is 33.7. The molecule has 0 spiro atoms. The Kier molecular flexibility index (Phi) is 64.3. The van der Waals surface area contributed by atoms with E-state index in [1.54, 1.807) is 0 Å². The Labute approximate surface area is 500 Å². The fourth-order valence-electron chi connectivity index (χ4n) is 9.12. The van der Waals surface area contributed by atoms with Gasteiger partial charge in [-0.2, -0.15) is 0 Å². The molecule has 81 heavy (non-hydrogen) atoms. The van der Waals surface area contributed by atoms with Crippen molar-refractivity contribution in [3.8, 4) is 0 Å². The smallest absolute Gasteiger partial charge is 0.306 e. The maximum Gasteiger partial charge on any atom is 0.306 e. The monoisotopic (exact) mass is 1120 g/mol. The van der Waals surface area contributed by atoms with Crippen LogP contribution in [-0.2, 0) is 28.6 Å². The minimum Gasteiger partial charge on any atom is -0.462 e. The van der Waals surface area contributed by atoms with Crippen molar-refractivity contribution in [3.05, 3.63) is 134 Å². The van der Waals surface area contributed by atoms with Crippen LogP contribution in [0.4, 0.5) is 0 Å². The summed E-state index contributed by atoms with van der Waals surface area (Å²) in [4.78, 5) is 38.3. The van der Waals surface area contributed by atoms with Gasteiger partial charge >= 0.3 is 17.9 Å². The normalized spacial score (nSPS) is 13.0. The fraction of sp³-hybridized carbons (Fsp3) is 0.667. The molecule has 0 N–H and O–H groups in total. The van der Waals surface area contributed by atoms with E-state index >= 15 is 0 Å². The molecule has 6 nitrogen and oxygen atoms in total. The highest BCUT2D eigenvalue weighted by Gasteiger charge is 2.19. The van der Waals surface area contributed by atoms with E-state index < -0.39 is 6.10 Å². The molecular weight excluding hydrogens is 997 g/mol. The minimum absolute atomic E-state index is 0.0975. The second kappa shape index (κ2) is 68.1. The predicted octanol–water partition coefficient (Wildman–Crippen LogP) is 23.3. The van der Waals surface area contributed by atoms with E-state index in [0.717, 1.165) is 109 Å². The molecule has 0 aliphatic heterocycles. The molecule has 1 unspecified atom stereocenters. The fourth-order valence-corrected chi connectivity index (χ4v) is 9.12. The Morgan fingerprint density at radius 2 is 0.494 bits per heavy atom. The minimum atomic E-state index is -0.806. The summed E-state index contributed by atoms with van der Waals surface area (Å²) in [7, 11) is 0. The van der Waals surface area contributed by atoms with Crippen molar-refractivity contribution in [3.63, 3.8) is 0 Å². The Morgan fingerprint density at radius 3 is 0.802 bits per heavy atom. The van der Waals surface area contributed by atoms with Crippen LogP contribution in [0.15, 0.2) is 134 Å². The molecule has 0 bridgehead atoms. The van der Waals surface area contributed by atoms with E-state index in [1.165, 1.54) is 148 Å². The summed E-state index contributed by atoms with van der Waals surface area (Å²) >= 11 is 0. The zero-order valence-electron chi connectivity index (χ0n) is 52.8. The third kappa shape index (κ3) is 66.2. The second-order valence-corrected chi connectivity index (χ2v) is 22.0. The van der Waals surface area contributed by atoms with Crippen molar-refractivity contribution in [2.24, 2.45) is 0 Å². The molecule has 0 rings (SSSR count). The highest BCUT2D eigenvalue weighted by molar-refractivity contribution is 5.71. The van der Waals surface area contributed by atoms with Gasteiger partial charge in [0, 0.05) is 19.3 Å². The molecule has 0 aliphatic carbocycles. The quantitative estimate of drug-likeness (QED) is 0.0261. The maximum absolute atomic E-state index is 12.9. The topological polar surface area (TPSA) is 78.9 Å². The van der Waals surface area contributed by atoms with Crippen LogP contribution in [0.1, 0.15) is 303 Å². The van der Waals surface area contributed by atoms with Gasteiger partial charge < -0.3 is 14.2 Å². The number of esters is 3. The van der Waals surface area contributed by atoms with Crippen molar-refractivity contribution < 1.29 is 28.6 Å². The van der Waals surface area contributed by atoms with Crippen molar-refractivity contribution in [1.82, 2.24) is 0 Å². The van der Waals surface area contributed by atoms with Crippen LogP contribution in [-0.4, -0.2) is 37.2 Å². The van der Waals surface area contributed by atoms with Gasteiger partial charge in [-0.1, -0.05) is 302 Å². The molecule has 0 aromatic heterocycles. The number of hydrogen-bond donors (Lipinski definition) is 0. The van der Waals surface area contributed by atoms with Crippen LogP contribution >= 0.6 is 0 Å². The van der Waals surface area contributed by atoms with Crippen molar-refractivity contribution >= 4 is 17.9 Å². The summed E-state index contributed by atoms with van der Waals surface area (Å²) in [5, 5.41) is 0. The summed E-state index contributed by atoms with van der Waals surface area (Å²) in [5.41, 5.74) is 0. The van der Waals surface area contributed by atoms with E-state index in [-0.39, 0.29) is 37.5 Å². The van der Waals surface area contributed by atoms with Crippen LogP contribution in [0, 0.1) is 0 Å². The third-order valence-electron chi connectivity index (χ3n) is 14.1. The SMILES string of the molecule is CC/C=C\C/C=C\C/C=C\C/C=C\C/C=C\C/C=C\C/C=C\C/C=C\C/C=C\CCCC(=O)OCC(COC(=O)CCCCCCCCCCCCC)OC(=O)CCCCCCCCCCCCC/C=C\C/C=C\CCCCCCC. The molecule has 0 aromatic rings. The van der Waals surface area contributed by atoms with Gasteiger partial charge in [0.25, 0.3) is 0 Å². The molecule has 0 saturated heterocycles. The lowest BCUT2D eigenvalue weighted by Gasteiger charge is -2.18. The molecule has 0 heterocycles. The third-order valence-corrected chi connectivity index (χ3v) is 14.1. The van der Waals surface area contributed by atoms with Gasteiger partial charge in [0.05, 0.1) is 0 Å². The number of unbranched alkanes of at least 4 members (excludes halogenated alkanes) is 27. The number of carbonyl (C=O) groups excluding carboxylic acids is 3. The molecule has 0 aliphatic rings. The van der Waals surface area contributed by atoms with Crippen LogP contribution < -0.4 is 0 Å². The standard InChI is InChI=1S/C75H124O6/c1-4-7-10-13-16-19-22-24-26-28-30-32-34-35-36-37-38-39-41-42-44-46-48-50-53-56-59-62-65-68-74(77)80-71-72(70-79-73(76)67-64-61-58-55-52-21-18-15-12-9-6-3)81-75(78)69-66-63-60-57-54-51-49-47-45-43-40-33-31-29-27-25-23-20-17-14-11-8-5-2/h7,10,16,19,23-26,29-32,35-36,38-39,42,44,48,50,56,59,72H,4-6,8-9,11-15,17-18,20-22,27-28,33-34,37,40-41,43,45-47,49,51-55,57-58,60-71H2,1-3H3/b10-7-,19-16-,25-23-,26-24-,31-29-,32-30-,36-35-,39-38-,44-42-,50-48-,59-56-. The zero-order chi connectivity index (χ0) is 58.5. The van der Waals surface area contributed by atoms with Gasteiger partial charge in [0.15, 0.2) is 6.10 Å². The number of ether oxygens (including phenoxy) is 3. The van der Waals surface area contributed by atoms with E-state index in [2.05, 4.69) is 154 Å². The average Bonchev–Trinajstić information content (AvgIpc) is 3.47. The van der Waals surface area contributed by atoms with Crippen LogP contribution in [0.3, 0.4) is 0 Å². The van der Waals surface area contributed by atoms with Gasteiger partial charge in [0.2, 0.25) is 0 Å². The van der Waals surface area contributed by atoms with Crippen LogP contribution in [0.25, 0.3) is 0 Å². The molecule has 0 saturated carbocycles. The second-order valence-electron chi connectivity index (χ2n) is 22.0. The molecule has 0 aromatic carbocycles. The first-order valence-electron chi connectivity index (χ1n) is 33.7. The van der Waals surface area contributed by atoms with Gasteiger partial charge in [-0.3, -0.25) is 14.4 Å². The summed E-state index contributed by atoms with van der Waals surface area (Å²) in [6.07, 6.45) is 96.1. The zero-order valence-corrected chi connectivity index (χ0v) is 52.8. The van der Waals surface area contributed by atoms with Gasteiger partial charge in [-0.15, -0.1) is 0 Å². The van der Waals surface area contributed by atoms with Gasteiger partial charge in [-0.25, -0.2) is 0 Å². The first-order chi connectivity index (χ1) is 40.0. The van der Waals surface area contributed by atoms with Gasteiger partial charge in [-0.05, 0) is 116 Å². The van der Waals surface area contributed by atoms with Crippen molar-refractivity contribution in [1.29, 1.82) is 0 Å². The molecule has 0 amide bonds. The predicted molar refractivity (Wildman–Crippen MR) is 353 cm³/mol. The molecule has 1 atom stereocenters. The van der Waals surface area contributed by atoms with Crippen molar-refractivity contribution in [2.75, 3.05) is 13.2 Å². The van der Waals surface area contributed by atoms with E-state index in [1.807, 2.05) is 0 Å². The lowest BCUT2D eigenvalue weighted by Crippen LogP contribution is -2.30. The Bertz CT molecular complexity index is 1720. The summed E-state index contributed by atoms with van der Waals surface area (Å²) in [5.74, 6) is -0.958. The van der Waals surface area contributed by atoms with E-state index in [9.17, 15) is 14.4 Å². The molecule has 0 radical (unpaired) electrons. The Balaban J connectivity index is 4.39. The summed E-state index contributed by atoms with van der Waals surface area (Å²) in [6, 6.07) is 0. The Hall–Kier alpha value is -4.45. The van der Waals surface area contributed by atoms with E-state index in [0.29, 0.717) is 19.3 Å². The maximum atomic E-state index is 12.9. The van der Waals surface area contributed by atoms with Crippen molar-refractivity contribution in [2.45, 2.75) is 309 Å².